The number of aromatic nitrogens is 2. The third kappa shape index (κ3) is 2.48. The van der Waals surface area contributed by atoms with Crippen LogP contribution in [0.15, 0.2) is 6.20 Å². The molecule has 0 aliphatic heterocycles. The van der Waals surface area contributed by atoms with Gasteiger partial charge in [-0.3, -0.25) is 4.68 Å². The number of hydrogen-bond acceptors (Lipinski definition) is 3. The highest BCUT2D eigenvalue weighted by Gasteiger charge is 2.15. The predicted octanol–water partition coefficient (Wildman–Crippen LogP) is 1.98. The molecule has 0 N–H and O–H groups in total. The zero-order valence-electron chi connectivity index (χ0n) is 8.45. The Kier molecular flexibility index (Phi) is 3.52. The van der Waals surface area contributed by atoms with Gasteiger partial charge in [0.25, 0.3) is 0 Å². The Balaban J connectivity index is 2.87. The SMILES string of the molecule is COC(=O)c1nn(CC(C)C)cc1Cl. The molecule has 0 fully saturated rings. The summed E-state index contributed by atoms with van der Waals surface area (Å²) in [4.78, 5) is 11.2. The smallest absolute Gasteiger partial charge is 0.360 e. The molecule has 4 nitrogen and oxygen atoms in total. The maximum Gasteiger partial charge on any atom is 0.360 e. The normalized spacial score (nSPS) is 10.6. The second-order valence-corrected chi connectivity index (χ2v) is 3.84. The fraction of sp³-hybridized carbons (Fsp3) is 0.556. The van der Waals surface area contributed by atoms with Crippen molar-refractivity contribution in [3.05, 3.63) is 16.9 Å². The first-order chi connectivity index (χ1) is 6.54. The molecule has 0 atom stereocenters. The van der Waals surface area contributed by atoms with Crippen LogP contribution in [0.4, 0.5) is 0 Å². The Bertz CT molecular complexity index is 334. The van der Waals surface area contributed by atoms with E-state index in [1.54, 1.807) is 10.9 Å². The highest BCUT2D eigenvalue weighted by molar-refractivity contribution is 6.33. The van der Waals surface area contributed by atoms with Gasteiger partial charge in [-0.15, -0.1) is 0 Å². The number of halogens is 1. The molecule has 0 amide bonds. The third-order valence-corrected chi connectivity index (χ3v) is 1.92. The largest absolute Gasteiger partial charge is 0.464 e. The van der Waals surface area contributed by atoms with Crippen molar-refractivity contribution in [1.82, 2.24) is 9.78 Å². The van der Waals surface area contributed by atoms with Crippen LogP contribution in [-0.2, 0) is 11.3 Å². The van der Waals surface area contributed by atoms with Crippen LogP contribution in [0.3, 0.4) is 0 Å². The van der Waals surface area contributed by atoms with E-state index < -0.39 is 5.97 Å². The van der Waals surface area contributed by atoms with Crippen molar-refractivity contribution in [3.8, 4) is 0 Å². The summed E-state index contributed by atoms with van der Waals surface area (Å²) in [6, 6.07) is 0. The van der Waals surface area contributed by atoms with Crippen LogP contribution < -0.4 is 0 Å². The number of ether oxygens (including phenoxy) is 1. The van der Waals surface area contributed by atoms with E-state index in [4.69, 9.17) is 11.6 Å². The zero-order valence-corrected chi connectivity index (χ0v) is 9.21. The summed E-state index contributed by atoms with van der Waals surface area (Å²) in [6.45, 7) is 4.86. The van der Waals surface area contributed by atoms with Gasteiger partial charge in [-0.1, -0.05) is 25.4 Å². The summed E-state index contributed by atoms with van der Waals surface area (Å²) in [5.41, 5.74) is 0.176. The lowest BCUT2D eigenvalue weighted by Gasteiger charge is -2.03. The van der Waals surface area contributed by atoms with Gasteiger partial charge < -0.3 is 4.74 Å². The molecule has 0 saturated carbocycles. The second-order valence-electron chi connectivity index (χ2n) is 3.43. The number of carbonyl (C=O) groups is 1. The van der Waals surface area contributed by atoms with Gasteiger partial charge in [0.05, 0.1) is 12.1 Å². The van der Waals surface area contributed by atoms with Gasteiger partial charge in [0.1, 0.15) is 0 Å². The van der Waals surface area contributed by atoms with E-state index in [9.17, 15) is 4.79 Å². The molecule has 14 heavy (non-hydrogen) atoms. The van der Waals surface area contributed by atoms with Gasteiger partial charge in [0, 0.05) is 12.7 Å². The number of esters is 1. The lowest BCUT2D eigenvalue weighted by atomic mass is 10.2. The molecule has 0 bridgehead atoms. The molecular formula is C9H13ClN2O2. The van der Waals surface area contributed by atoms with E-state index in [0.717, 1.165) is 6.54 Å². The minimum atomic E-state index is -0.502. The van der Waals surface area contributed by atoms with E-state index in [1.165, 1.54) is 7.11 Å². The molecule has 0 unspecified atom stereocenters. The maximum atomic E-state index is 11.2. The molecule has 0 saturated heterocycles. The quantitative estimate of drug-likeness (QED) is 0.726. The van der Waals surface area contributed by atoms with Gasteiger partial charge >= 0.3 is 5.97 Å². The molecular weight excluding hydrogens is 204 g/mol. The van der Waals surface area contributed by atoms with Crippen molar-refractivity contribution in [1.29, 1.82) is 0 Å². The predicted molar refractivity (Wildman–Crippen MR) is 53.4 cm³/mol. The summed E-state index contributed by atoms with van der Waals surface area (Å²) in [5.74, 6) is -0.0473. The van der Waals surface area contributed by atoms with Crippen LogP contribution in [0.5, 0.6) is 0 Å². The van der Waals surface area contributed by atoms with Gasteiger partial charge in [0.15, 0.2) is 5.69 Å². The van der Waals surface area contributed by atoms with Crippen LogP contribution in [0.25, 0.3) is 0 Å². The van der Waals surface area contributed by atoms with Gasteiger partial charge in [-0.05, 0) is 5.92 Å². The van der Waals surface area contributed by atoms with Crippen LogP contribution in [0.2, 0.25) is 5.02 Å². The lowest BCUT2D eigenvalue weighted by molar-refractivity contribution is 0.0593. The molecule has 5 heteroatoms. The molecule has 0 aliphatic rings. The Labute approximate surface area is 87.8 Å². The van der Waals surface area contributed by atoms with Crippen molar-refractivity contribution in [3.63, 3.8) is 0 Å². The highest BCUT2D eigenvalue weighted by atomic mass is 35.5. The topological polar surface area (TPSA) is 44.1 Å². The summed E-state index contributed by atoms with van der Waals surface area (Å²) in [6.07, 6.45) is 1.63. The van der Waals surface area contributed by atoms with Gasteiger partial charge in [0.2, 0.25) is 0 Å². The molecule has 0 aromatic carbocycles. The summed E-state index contributed by atoms with van der Waals surface area (Å²) in [5, 5.41) is 4.36. The lowest BCUT2D eigenvalue weighted by Crippen LogP contribution is -2.08. The molecule has 78 valence electrons. The second kappa shape index (κ2) is 4.46. The molecule has 0 radical (unpaired) electrons. The molecule has 0 spiro atoms. The molecule has 1 rings (SSSR count). The fourth-order valence-corrected chi connectivity index (χ4v) is 1.33. The minimum Gasteiger partial charge on any atom is -0.464 e. The number of carbonyl (C=O) groups excluding carboxylic acids is 1. The van der Waals surface area contributed by atoms with Crippen LogP contribution >= 0.6 is 11.6 Å². The zero-order chi connectivity index (χ0) is 10.7. The monoisotopic (exact) mass is 216 g/mol. The van der Waals surface area contributed by atoms with Gasteiger partial charge in [-0.2, -0.15) is 5.10 Å². The van der Waals surface area contributed by atoms with Crippen molar-refractivity contribution in [2.24, 2.45) is 5.92 Å². The third-order valence-electron chi connectivity index (χ3n) is 1.65. The van der Waals surface area contributed by atoms with Crippen molar-refractivity contribution < 1.29 is 9.53 Å². The minimum absolute atomic E-state index is 0.176. The van der Waals surface area contributed by atoms with Crippen molar-refractivity contribution >= 4 is 17.6 Å². The summed E-state index contributed by atoms with van der Waals surface area (Å²) in [7, 11) is 1.31. The first kappa shape index (κ1) is 11.0. The number of nitrogens with zero attached hydrogens (tertiary/aromatic N) is 2. The van der Waals surface area contributed by atoms with E-state index >= 15 is 0 Å². The first-order valence-electron chi connectivity index (χ1n) is 4.36. The van der Waals surface area contributed by atoms with E-state index in [1.807, 2.05) is 0 Å². The average molecular weight is 217 g/mol. The number of hydrogen-bond donors (Lipinski definition) is 0. The average Bonchev–Trinajstić information content (AvgIpc) is 2.44. The molecule has 1 heterocycles. The van der Waals surface area contributed by atoms with E-state index in [0.29, 0.717) is 10.9 Å². The highest BCUT2D eigenvalue weighted by Crippen LogP contribution is 2.15. The number of methoxy groups -OCH3 is 1. The van der Waals surface area contributed by atoms with E-state index in [2.05, 4.69) is 23.7 Å². The Morgan fingerprint density at radius 1 is 1.71 bits per heavy atom. The summed E-state index contributed by atoms with van der Waals surface area (Å²) < 4.78 is 6.19. The first-order valence-corrected chi connectivity index (χ1v) is 4.73. The van der Waals surface area contributed by atoms with Crippen molar-refractivity contribution in [2.75, 3.05) is 7.11 Å². The molecule has 1 aromatic rings. The van der Waals surface area contributed by atoms with E-state index in [-0.39, 0.29) is 5.69 Å². The van der Waals surface area contributed by atoms with Crippen molar-refractivity contribution in [2.45, 2.75) is 20.4 Å². The molecule has 0 aliphatic carbocycles. The van der Waals surface area contributed by atoms with Crippen LogP contribution in [0, 0.1) is 5.92 Å². The molecule has 1 aromatic heterocycles. The summed E-state index contributed by atoms with van der Waals surface area (Å²) >= 11 is 5.82. The van der Waals surface area contributed by atoms with Crippen LogP contribution in [-0.4, -0.2) is 22.9 Å². The van der Waals surface area contributed by atoms with Crippen LogP contribution in [0.1, 0.15) is 24.3 Å². The Morgan fingerprint density at radius 2 is 2.36 bits per heavy atom. The number of rotatable bonds is 3. The Hall–Kier alpha value is -1.03. The fourth-order valence-electron chi connectivity index (χ4n) is 1.10. The standard InChI is InChI=1S/C9H13ClN2O2/c1-6(2)4-12-5-7(10)8(11-12)9(13)14-3/h5-6H,4H2,1-3H3. The maximum absolute atomic E-state index is 11.2. The Morgan fingerprint density at radius 3 is 2.86 bits per heavy atom. The van der Waals surface area contributed by atoms with Gasteiger partial charge in [-0.25, -0.2) is 4.79 Å².